The van der Waals surface area contributed by atoms with Crippen LogP contribution >= 0.6 is 0 Å². The minimum Gasteiger partial charge on any atom is -0.356 e. The summed E-state index contributed by atoms with van der Waals surface area (Å²) >= 11 is 0. The fourth-order valence-corrected chi connectivity index (χ4v) is 4.41. The van der Waals surface area contributed by atoms with Crippen molar-refractivity contribution in [3.63, 3.8) is 0 Å². The van der Waals surface area contributed by atoms with Gasteiger partial charge in [-0.2, -0.15) is 5.10 Å². The summed E-state index contributed by atoms with van der Waals surface area (Å²) in [7, 11) is 0. The van der Waals surface area contributed by atoms with Gasteiger partial charge in [0.05, 0.1) is 11.3 Å². The number of likely N-dealkylation sites (tertiary alicyclic amines) is 1. The summed E-state index contributed by atoms with van der Waals surface area (Å²) in [6.45, 7) is 3.65. The summed E-state index contributed by atoms with van der Waals surface area (Å²) in [5.41, 5.74) is 4.76. The van der Waals surface area contributed by atoms with E-state index in [4.69, 9.17) is 0 Å². The van der Waals surface area contributed by atoms with Crippen LogP contribution in [0.3, 0.4) is 0 Å². The van der Waals surface area contributed by atoms with E-state index in [0.717, 1.165) is 57.7 Å². The van der Waals surface area contributed by atoms with Gasteiger partial charge < -0.3 is 9.80 Å². The highest BCUT2D eigenvalue weighted by atomic mass is 16.2. The van der Waals surface area contributed by atoms with Gasteiger partial charge in [-0.05, 0) is 56.2 Å². The number of nitrogens with one attached hydrogen (secondary N) is 1. The molecule has 0 atom stereocenters. The number of aromatic nitrogens is 3. The Kier molecular flexibility index (Phi) is 4.34. The second kappa shape index (κ2) is 6.98. The van der Waals surface area contributed by atoms with Gasteiger partial charge >= 0.3 is 0 Å². The van der Waals surface area contributed by atoms with Crippen molar-refractivity contribution in [2.45, 2.75) is 50.9 Å². The number of fused-ring (bicyclic) bond motifs is 1. The van der Waals surface area contributed by atoms with Crippen LogP contribution < -0.4 is 4.90 Å². The minimum absolute atomic E-state index is 0.125. The molecular formula is C21H27N5O. The van der Waals surface area contributed by atoms with Crippen LogP contribution in [-0.4, -0.2) is 52.2 Å². The van der Waals surface area contributed by atoms with Gasteiger partial charge in [0, 0.05) is 50.4 Å². The Morgan fingerprint density at radius 3 is 2.59 bits per heavy atom. The topological polar surface area (TPSA) is 65.1 Å². The fourth-order valence-electron chi connectivity index (χ4n) is 4.41. The lowest BCUT2D eigenvalue weighted by Gasteiger charge is -2.27. The number of rotatable bonds is 3. The second-order valence-electron chi connectivity index (χ2n) is 8.09. The zero-order valence-corrected chi connectivity index (χ0v) is 15.8. The molecule has 1 N–H and O–H groups in total. The number of aromatic amines is 1. The fraction of sp³-hybridized carbons (Fsp3) is 0.571. The summed E-state index contributed by atoms with van der Waals surface area (Å²) in [6, 6.07) is 3.96. The predicted molar refractivity (Wildman–Crippen MR) is 104 cm³/mol. The number of amides is 1. The Labute approximate surface area is 160 Å². The molecular weight excluding hydrogens is 338 g/mol. The molecule has 6 heteroatoms. The lowest BCUT2D eigenvalue weighted by molar-refractivity contribution is 0.0724. The van der Waals surface area contributed by atoms with Crippen LogP contribution in [0.2, 0.25) is 0 Å². The molecule has 3 aliphatic rings. The average molecular weight is 365 g/mol. The summed E-state index contributed by atoms with van der Waals surface area (Å²) in [5.74, 6) is 1.78. The number of hydrogen-bond donors (Lipinski definition) is 1. The van der Waals surface area contributed by atoms with E-state index in [9.17, 15) is 4.79 Å². The minimum atomic E-state index is 0.125. The first-order valence-corrected chi connectivity index (χ1v) is 10.4. The molecule has 2 fully saturated rings. The van der Waals surface area contributed by atoms with Gasteiger partial charge in [-0.25, -0.2) is 4.98 Å². The zero-order chi connectivity index (χ0) is 18.2. The van der Waals surface area contributed by atoms with E-state index in [1.807, 2.05) is 17.0 Å². The van der Waals surface area contributed by atoms with Crippen LogP contribution in [0.5, 0.6) is 0 Å². The van der Waals surface area contributed by atoms with E-state index in [-0.39, 0.29) is 5.91 Å². The third kappa shape index (κ3) is 3.33. The molecule has 0 radical (unpaired) electrons. The molecule has 6 nitrogen and oxygen atoms in total. The predicted octanol–water partition coefficient (Wildman–Crippen LogP) is 2.91. The molecule has 1 saturated carbocycles. The first-order chi connectivity index (χ1) is 13.3. The molecule has 1 amide bonds. The molecule has 5 rings (SSSR count). The average Bonchev–Trinajstić information content (AvgIpc) is 3.53. The third-order valence-corrected chi connectivity index (χ3v) is 6.17. The number of H-pyrrole nitrogens is 1. The van der Waals surface area contributed by atoms with Crippen molar-refractivity contribution in [3.8, 4) is 0 Å². The molecule has 142 valence electrons. The lowest BCUT2D eigenvalue weighted by atomic mass is 10.1. The highest BCUT2D eigenvalue weighted by Gasteiger charge is 2.31. The van der Waals surface area contributed by atoms with Gasteiger partial charge in [0.15, 0.2) is 0 Å². The Balaban J connectivity index is 1.27. The normalized spacial score (nSPS) is 20.3. The number of piperidine rings is 1. The summed E-state index contributed by atoms with van der Waals surface area (Å²) in [4.78, 5) is 21.6. The van der Waals surface area contributed by atoms with Crippen molar-refractivity contribution in [1.29, 1.82) is 0 Å². The van der Waals surface area contributed by atoms with Crippen LogP contribution in [0, 0.1) is 0 Å². The first kappa shape index (κ1) is 16.8. The Morgan fingerprint density at radius 2 is 1.85 bits per heavy atom. The molecule has 0 aromatic carbocycles. The van der Waals surface area contributed by atoms with Crippen LogP contribution in [0.25, 0.3) is 0 Å². The number of pyridine rings is 1. The monoisotopic (exact) mass is 365 g/mol. The zero-order valence-electron chi connectivity index (χ0n) is 15.8. The first-order valence-electron chi connectivity index (χ1n) is 10.4. The molecule has 27 heavy (non-hydrogen) atoms. The second-order valence-corrected chi connectivity index (χ2v) is 8.09. The smallest absolute Gasteiger partial charge is 0.255 e. The highest BCUT2D eigenvalue weighted by Crippen LogP contribution is 2.41. The highest BCUT2D eigenvalue weighted by molar-refractivity contribution is 5.94. The van der Waals surface area contributed by atoms with Crippen LogP contribution in [0.1, 0.15) is 65.3 Å². The maximum Gasteiger partial charge on any atom is 0.255 e. The quantitative estimate of drug-likeness (QED) is 0.908. The lowest BCUT2D eigenvalue weighted by Crippen LogP contribution is -2.35. The van der Waals surface area contributed by atoms with E-state index in [0.29, 0.717) is 11.5 Å². The van der Waals surface area contributed by atoms with Crippen LogP contribution in [-0.2, 0) is 12.8 Å². The van der Waals surface area contributed by atoms with Crippen LogP contribution in [0.15, 0.2) is 18.3 Å². The van der Waals surface area contributed by atoms with Gasteiger partial charge in [0.2, 0.25) is 0 Å². The number of carbonyl (C=O) groups excluding carboxylic acids is 1. The van der Waals surface area contributed by atoms with E-state index < -0.39 is 0 Å². The van der Waals surface area contributed by atoms with Gasteiger partial charge in [-0.15, -0.1) is 0 Å². The van der Waals surface area contributed by atoms with Crippen molar-refractivity contribution in [1.82, 2.24) is 20.1 Å². The molecule has 2 aromatic rings. The Bertz CT molecular complexity index is 818. The van der Waals surface area contributed by atoms with Crippen molar-refractivity contribution in [3.05, 3.63) is 40.8 Å². The summed E-state index contributed by atoms with van der Waals surface area (Å²) in [6.07, 6.45) is 9.79. The molecule has 2 aromatic heterocycles. The molecule has 1 aliphatic carbocycles. The number of nitrogens with zero attached hydrogens (tertiary/aromatic N) is 4. The number of anilines is 1. The number of hydrogen-bond acceptors (Lipinski definition) is 4. The van der Waals surface area contributed by atoms with E-state index in [1.54, 1.807) is 6.20 Å². The Morgan fingerprint density at radius 1 is 1.04 bits per heavy atom. The standard InChI is InChI=1S/C21H27N5O/c27-21(26-10-2-1-3-11-26)16-6-7-19(22-14-16)25-12-8-17-18(9-13-25)23-24-20(17)15-4-5-15/h6-7,14-15H,1-5,8-13H2,(H,23,24). The van der Waals surface area contributed by atoms with Crippen molar-refractivity contribution >= 4 is 11.7 Å². The van der Waals surface area contributed by atoms with E-state index >= 15 is 0 Å². The van der Waals surface area contributed by atoms with Gasteiger partial charge in [0.25, 0.3) is 5.91 Å². The molecule has 0 bridgehead atoms. The SMILES string of the molecule is O=C(c1ccc(N2CCc3[nH]nc(C4CC4)c3CC2)nc1)N1CCCCC1. The summed E-state index contributed by atoms with van der Waals surface area (Å²) < 4.78 is 0. The maximum atomic E-state index is 12.6. The molecule has 1 saturated heterocycles. The largest absolute Gasteiger partial charge is 0.356 e. The number of carbonyl (C=O) groups is 1. The molecule has 4 heterocycles. The van der Waals surface area contributed by atoms with E-state index in [1.165, 1.54) is 36.2 Å². The van der Waals surface area contributed by atoms with Crippen molar-refractivity contribution < 1.29 is 4.79 Å². The van der Waals surface area contributed by atoms with Crippen molar-refractivity contribution in [2.75, 3.05) is 31.1 Å². The molecule has 0 spiro atoms. The van der Waals surface area contributed by atoms with E-state index in [2.05, 4.69) is 20.1 Å². The third-order valence-electron chi connectivity index (χ3n) is 6.17. The van der Waals surface area contributed by atoms with Gasteiger partial charge in [-0.1, -0.05) is 0 Å². The molecule has 0 unspecified atom stereocenters. The Hall–Kier alpha value is -2.37. The van der Waals surface area contributed by atoms with Gasteiger partial charge in [-0.3, -0.25) is 9.89 Å². The molecule has 2 aliphatic heterocycles. The van der Waals surface area contributed by atoms with Crippen LogP contribution in [0.4, 0.5) is 5.82 Å². The summed E-state index contributed by atoms with van der Waals surface area (Å²) in [5, 5.41) is 7.85. The van der Waals surface area contributed by atoms with Gasteiger partial charge in [0.1, 0.15) is 5.82 Å². The maximum absolute atomic E-state index is 12.6. The van der Waals surface area contributed by atoms with Crippen molar-refractivity contribution in [2.24, 2.45) is 0 Å².